The quantitative estimate of drug-likeness (QED) is 0.164. The molecule has 1 aliphatic rings. The molecule has 1 heterocycles. The Hall–Kier alpha value is -3.93. The van der Waals surface area contributed by atoms with Crippen LogP contribution in [0.2, 0.25) is 0 Å². The van der Waals surface area contributed by atoms with E-state index in [-0.39, 0.29) is 28.1 Å². The molecule has 37 heavy (non-hydrogen) atoms. The van der Waals surface area contributed by atoms with Crippen LogP contribution in [0, 0.1) is 0 Å². The van der Waals surface area contributed by atoms with Gasteiger partial charge in [-0.05, 0) is 53.8 Å². The summed E-state index contributed by atoms with van der Waals surface area (Å²) in [5, 5.41) is 18.5. The Labute approximate surface area is 228 Å². The van der Waals surface area contributed by atoms with Crippen molar-refractivity contribution in [1.29, 1.82) is 0 Å². The van der Waals surface area contributed by atoms with Crippen molar-refractivity contribution in [2.45, 2.75) is 18.3 Å². The molecule has 0 saturated carbocycles. The molecule has 4 aromatic rings. The van der Waals surface area contributed by atoms with E-state index in [9.17, 15) is 5.11 Å². The summed E-state index contributed by atoms with van der Waals surface area (Å²) in [6.07, 6.45) is 5.42. The zero-order valence-electron chi connectivity index (χ0n) is 20.7. The fourth-order valence-corrected chi connectivity index (χ4v) is 5.19. The summed E-state index contributed by atoms with van der Waals surface area (Å²) in [5.74, 6) is -0.104. The molecular formula is C32H29CoN3O. The molecule has 187 valence electrons. The molecule has 0 saturated heterocycles. The van der Waals surface area contributed by atoms with E-state index in [1.54, 1.807) is 18.3 Å². The first-order chi connectivity index (χ1) is 17.7. The van der Waals surface area contributed by atoms with Gasteiger partial charge in [0, 0.05) is 46.2 Å². The molecule has 0 spiro atoms. The molecule has 0 atom stereocenters. The van der Waals surface area contributed by atoms with Crippen LogP contribution in [0.25, 0.3) is 0 Å². The van der Waals surface area contributed by atoms with E-state index in [0.717, 1.165) is 18.5 Å². The molecule has 0 amide bonds. The number of hydrogen-bond acceptors (Lipinski definition) is 3. The van der Waals surface area contributed by atoms with Gasteiger partial charge in [-0.25, -0.2) is 0 Å². The standard InChI is InChI=1S/C32H29N3O.Co/c1-35-29-20-12-11-19-28(29)32(23-25-13-5-2-6-14-25,24-26-15-7-3-8-16-26)30(35)21-22-33-34-31(36)27-17-9-4-10-18-27;/h2-22H,23-24H2,1H3,(H,34,36);/b30-21-,33-22+;. The van der Waals surface area contributed by atoms with Gasteiger partial charge in [0.2, 0.25) is 5.90 Å². The van der Waals surface area contributed by atoms with E-state index < -0.39 is 0 Å². The average Bonchev–Trinajstić information content (AvgIpc) is 3.15. The van der Waals surface area contributed by atoms with Gasteiger partial charge in [0.25, 0.3) is 0 Å². The minimum Gasteiger partial charge on any atom is -0.492 e. The number of anilines is 1. The molecule has 4 nitrogen and oxygen atoms in total. The van der Waals surface area contributed by atoms with Crippen molar-refractivity contribution >= 4 is 17.8 Å². The molecule has 0 unspecified atom stereocenters. The molecule has 0 bridgehead atoms. The van der Waals surface area contributed by atoms with E-state index in [1.165, 1.54) is 22.4 Å². The summed E-state index contributed by atoms with van der Waals surface area (Å²) >= 11 is 0. The predicted octanol–water partition coefficient (Wildman–Crippen LogP) is 6.73. The van der Waals surface area contributed by atoms with Crippen molar-refractivity contribution in [3.8, 4) is 0 Å². The van der Waals surface area contributed by atoms with E-state index in [4.69, 9.17) is 0 Å². The smallest absolute Gasteiger partial charge is 0.238 e. The van der Waals surface area contributed by atoms with Crippen LogP contribution in [0.3, 0.4) is 0 Å². The van der Waals surface area contributed by atoms with Crippen molar-refractivity contribution in [2.75, 3.05) is 11.9 Å². The Balaban J connectivity index is 0.00000320. The molecule has 0 aromatic heterocycles. The van der Waals surface area contributed by atoms with Crippen molar-refractivity contribution in [3.63, 3.8) is 0 Å². The monoisotopic (exact) mass is 530 g/mol. The Kier molecular flexibility index (Phi) is 8.38. The number of nitrogens with zero attached hydrogens (tertiary/aromatic N) is 3. The third-order valence-corrected chi connectivity index (χ3v) is 6.81. The van der Waals surface area contributed by atoms with E-state index in [0.29, 0.717) is 5.56 Å². The van der Waals surface area contributed by atoms with Gasteiger partial charge >= 0.3 is 0 Å². The van der Waals surface area contributed by atoms with Gasteiger partial charge in [0.15, 0.2) is 0 Å². The summed E-state index contributed by atoms with van der Waals surface area (Å²) in [7, 11) is 2.11. The Morgan fingerprint density at radius 2 is 1.27 bits per heavy atom. The van der Waals surface area contributed by atoms with Crippen molar-refractivity contribution in [1.82, 2.24) is 0 Å². The SMILES string of the molecule is CN1\C(=C/C=N/N=C(\O)c2ccccc2)C(Cc2ccccc2)(Cc2ccccc2)c2ccccc21.[Co]. The van der Waals surface area contributed by atoms with Crippen LogP contribution in [0.4, 0.5) is 5.69 Å². The molecule has 1 radical (unpaired) electrons. The third kappa shape index (κ3) is 5.58. The van der Waals surface area contributed by atoms with Crippen molar-refractivity contribution in [2.24, 2.45) is 10.2 Å². The molecular weight excluding hydrogens is 501 g/mol. The number of aliphatic hydroxyl groups is 1. The number of likely N-dealkylation sites (N-methyl/N-ethyl adjacent to an activating group) is 1. The van der Waals surface area contributed by atoms with Crippen LogP contribution in [0.15, 0.2) is 137 Å². The predicted molar refractivity (Wildman–Crippen MR) is 149 cm³/mol. The second-order valence-corrected chi connectivity index (χ2v) is 9.09. The van der Waals surface area contributed by atoms with Crippen molar-refractivity contribution < 1.29 is 21.9 Å². The zero-order chi connectivity index (χ0) is 24.8. The molecule has 5 rings (SSSR count). The third-order valence-electron chi connectivity index (χ3n) is 6.81. The fraction of sp³-hybridized carbons (Fsp3) is 0.125. The minimum atomic E-state index is -0.286. The van der Waals surface area contributed by atoms with Crippen LogP contribution in [0.5, 0.6) is 0 Å². The van der Waals surface area contributed by atoms with Crippen LogP contribution in [-0.2, 0) is 35.0 Å². The first kappa shape index (κ1) is 26.1. The minimum absolute atomic E-state index is 0. The molecule has 1 N–H and O–H groups in total. The Bertz CT molecular complexity index is 1360. The summed E-state index contributed by atoms with van der Waals surface area (Å²) in [6.45, 7) is 0. The van der Waals surface area contributed by atoms with E-state index in [2.05, 4.69) is 107 Å². The summed E-state index contributed by atoms with van der Waals surface area (Å²) in [6, 6.07) is 39.2. The second kappa shape index (κ2) is 11.9. The topological polar surface area (TPSA) is 48.2 Å². The van der Waals surface area contributed by atoms with Crippen LogP contribution >= 0.6 is 0 Å². The number of fused-ring (bicyclic) bond motifs is 1. The normalized spacial score (nSPS) is 15.5. The van der Waals surface area contributed by atoms with Crippen LogP contribution < -0.4 is 4.90 Å². The summed E-state index contributed by atoms with van der Waals surface area (Å²) in [5.41, 5.74) is 6.55. The number of hydrogen-bond donors (Lipinski definition) is 1. The van der Waals surface area contributed by atoms with Gasteiger partial charge in [-0.3, -0.25) is 0 Å². The van der Waals surface area contributed by atoms with Gasteiger partial charge < -0.3 is 10.0 Å². The van der Waals surface area contributed by atoms with Crippen molar-refractivity contribution in [3.05, 3.63) is 149 Å². The van der Waals surface area contributed by atoms with Gasteiger partial charge in [-0.15, -0.1) is 5.10 Å². The maximum atomic E-state index is 10.3. The summed E-state index contributed by atoms with van der Waals surface area (Å²) in [4.78, 5) is 2.26. The first-order valence-electron chi connectivity index (χ1n) is 12.1. The molecule has 0 aliphatic carbocycles. The largest absolute Gasteiger partial charge is 0.492 e. The number of para-hydroxylation sites is 1. The van der Waals surface area contributed by atoms with Gasteiger partial charge in [0.1, 0.15) is 0 Å². The van der Waals surface area contributed by atoms with Crippen LogP contribution in [0.1, 0.15) is 22.3 Å². The number of allylic oxidation sites excluding steroid dienone is 2. The zero-order valence-corrected chi connectivity index (χ0v) is 21.7. The average molecular weight is 531 g/mol. The molecule has 5 heteroatoms. The van der Waals surface area contributed by atoms with Gasteiger partial charge in [-0.2, -0.15) is 5.10 Å². The maximum Gasteiger partial charge on any atom is 0.238 e. The van der Waals surface area contributed by atoms with E-state index >= 15 is 0 Å². The molecule has 1 aliphatic heterocycles. The van der Waals surface area contributed by atoms with Crippen LogP contribution in [-0.4, -0.2) is 24.3 Å². The number of rotatable bonds is 7. The Morgan fingerprint density at radius 1 is 0.757 bits per heavy atom. The first-order valence-corrected chi connectivity index (χ1v) is 12.1. The Morgan fingerprint density at radius 3 is 1.86 bits per heavy atom. The number of benzene rings is 4. The van der Waals surface area contributed by atoms with Gasteiger partial charge in [0.05, 0.1) is 6.21 Å². The summed E-state index contributed by atoms with van der Waals surface area (Å²) < 4.78 is 0. The molecule has 0 fully saturated rings. The van der Waals surface area contributed by atoms with E-state index in [1.807, 2.05) is 24.3 Å². The second-order valence-electron chi connectivity index (χ2n) is 9.09. The maximum absolute atomic E-state index is 10.3. The fourth-order valence-electron chi connectivity index (χ4n) is 5.19. The van der Waals surface area contributed by atoms with Gasteiger partial charge in [-0.1, -0.05) is 97.1 Å². The molecule has 4 aromatic carbocycles. The number of aliphatic hydroxyl groups excluding tert-OH is 1.